The molecule has 248 valence electrons. The highest BCUT2D eigenvalue weighted by Crippen LogP contribution is 2.18. The molecule has 0 aliphatic rings. The van der Waals surface area contributed by atoms with E-state index in [1.807, 2.05) is 116 Å². The van der Waals surface area contributed by atoms with Gasteiger partial charge in [0.25, 0.3) is 16.7 Å². The van der Waals surface area contributed by atoms with Gasteiger partial charge in [0, 0.05) is 56.4 Å². The van der Waals surface area contributed by atoms with Crippen LogP contribution in [0.25, 0.3) is 0 Å². The van der Waals surface area contributed by atoms with Crippen molar-refractivity contribution in [2.75, 3.05) is 0 Å². The number of hydrogen-bond donors (Lipinski definition) is 0. The Balaban J connectivity index is -0.000000241. The predicted molar refractivity (Wildman–Crippen MR) is 188 cm³/mol. The number of aryl methyl sites for hydroxylation is 3. The van der Waals surface area contributed by atoms with E-state index in [1.165, 1.54) is 15.6 Å². The standard InChI is InChI=1S/C10H15NO.2C9H14N2O.3C2H6.CH4/c1-10(2,3)8-6-5-7-11(4)9(8)12;1-9(2,3)7-5-10-6-11(4)8(7)12;1-9(2,3)7-5-6-10-11(4)8(7)12;3*1-2;/h5-7H,1-4H3;2*5-6H,1-4H3;3*1-2H3;1H4. The van der Waals surface area contributed by atoms with Crippen LogP contribution in [0.5, 0.6) is 0 Å². The second-order valence-electron chi connectivity index (χ2n) is 12.0. The van der Waals surface area contributed by atoms with Crippen molar-refractivity contribution in [3.05, 3.63) is 90.9 Å². The van der Waals surface area contributed by atoms with Gasteiger partial charge < -0.3 is 9.13 Å². The van der Waals surface area contributed by atoms with Crippen molar-refractivity contribution in [2.24, 2.45) is 21.1 Å². The molecule has 3 aromatic rings. The van der Waals surface area contributed by atoms with E-state index in [1.54, 1.807) is 50.4 Å². The second-order valence-corrected chi connectivity index (χ2v) is 12.0. The maximum absolute atomic E-state index is 11.6. The molecule has 0 aliphatic heterocycles. The highest BCUT2D eigenvalue weighted by Gasteiger charge is 2.19. The van der Waals surface area contributed by atoms with Crippen molar-refractivity contribution >= 4 is 0 Å². The third-order valence-corrected chi connectivity index (χ3v) is 5.55. The minimum absolute atomic E-state index is 0. The molecule has 0 bridgehead atoms. The number of hydrogen-bond acceptors (Lipinski definition) is 5. The maximum atomic E-state index is 11.6. The zero-order valence-electron chi connectivity index (χ0n) is 30.0. The summed E-state index contributed by atoms with van der Waals surface area (Å²) in [7, 11) is 5.15. The minimum atomic E-state index is -0.122. The van der Waals surface area contributed by atoms with Crippen LogP contribution in [0.2, 0.25) is 0 Å². The average molecular weight is 604 g/mol. The molecule has 0 unspecified atom stereocenters. The van der Waals surface area contributed by atoms with Crippen molar-refractivity contribution in [3.8, 4) is 0 Å². The van der Waals surface area contributed by atoms with E-state index >= 15 is 0 Å². The molecule has 8 heteroatoms. The van der Waals surface area contributed by atoms with Crippen LogP contribution in [0.15, 0.2) is 57.5 Å². The molecule has 0 atom stereocenters. The monoisotopic (exact) mass is 604 g/mol. The highest BCUT2D eigenvalue weighted by molar-refractivity contribution is 5.19. The van der Waals surface area contributed by atoms with E-state index < -0.39 is 0 Å². The molecule has 0 N–H and O–H groups in total. The van der Waals surface area contributed by atoms with Crippen LogP contribution in [0.3, 0.4) is 0 Å². The predicted octanol–water partition coefficient (Wildman–Crippen LogP) is 7.55. The summed E-state index contributed by atoms with van der Waals surface area (Å²) < 4.78 is 4.47. The summed E-state index contributed by atoms with van der Waals surface area (Å²) in [5.41, 5.74) is 2.28. The normalized spacial score (nSPS) is 10.2. The van der Waals surface area contributed by atoms with Crippen molar-refractivity contribution in [2.45, 2.75) is 128 Å². The summed E-state index contributed by atoms with van der Waals surface area (Å²) in [6.45, 7) is 30.2. The SMILES string of the molecule is C.CC.CC.CC.Cn1cccc(C(C)(C)C)c1=O.Cn1cncc(C(C)(C)C)c1=O.Cn1nccc(C(C)(C)C)c1=O. The third kappa shape index (κ3) is 16.2. The van der Waals surface area contributed by atoms with Crippen molar-refractivity contribution in [1.29, 1.82) is 0 Å². The van der Waals surface area contributed by atoms with Gasteiger partial charge in [0.1, 0.15) is 0 Å². The Bertz CT molecular complexity index is 1160. The molecule has 0 saturated heterocycles. The first-order valence-electron chi connectivity index (χ1n) is 15.0. The van der Waals surface area contributed by atoms with Gasteiger partial charge in [-0.2, -0.15) is 5.10 Å². The minimum Gasteiger partial charge on any atom is -0.318 e. The Morgan fingerprint density at radius 1 is 0.581 bits per heavy atom. The first-order chi connectivity index (χ1) is 19.3. The Kier molecular flexibility index (Phi) is 23.2. The molecule has 3 aromatic heterocycles. The fourth-order valence-corrected chi connectivity index (χ4v) is 3.26. The zero-order chi connectivity index (χ0) is 34.1. The van der Waals surface area contributed by atoms with Crippen LogP contribution in [-0.4, -0.2) is 23.9 Å². The summed E-state index contributed by atoms with van der Waals surface area (Å²) in [5.74, 6) is 0. The van der Waals surface area contributed by atoms with Gasteiger partial charge in [-0.25, -0.2) is 9.67 Å². The second kappa shape index (κ2) is 21.4. The van der Waals surface area contributed by atoms with Gasteiger partial charge in [-0.3, -0.25) is 14.4 Å². The third-order valence-electron chi connectivity index (χ3n) is 5.55. The molecular formula is C35H65N5O3. The Morgan fingerprint density at radius 2 is 0.977 bits per heavy atom. The van der Waals surface area contributed by atoms with E-state index in [4.69, 9.17) is 0 Å². The highest BCUT2D eigenvalue weighted by atomic mass is 16.1. The average Bonchev–Trinajstić information content (AvgIpc) is 2.91. The van der Waals surface area contributed by atoms with Crippen LogP contribution >= 0.6 is 0 Å². The summed E-state index contributed by atoms with van der Waals surface area (Å²) in [4.78, 5) is 38.6. The van der Waals surface area contributed by atoms with Crippen LogP contribution < -0.4 is 16.7 Å². The number of pyridine rings is 1. The topological polar surface area (TPSA) is 91.8 Å². The summed E-state index contributed by atoms with van der Waals surface area (Å²) in [6, 6.07) is 5.58. The lowest BCUT2D eigenvalue weighted by Gasteiger charge is -2.18. The molecular weight excluding hydrogens is 538 g/mol. The van der Waals surface area contributed by atoms with Gasteiger partial charge in [0.15, 0.2) is 0 Å². The molecule has 0 fully saturated rings. The van der Waals surface area contributed by atoms with E-state index in [2.05, 4.69) is 10.1 Å². The van der Waals surface area contributed by atoms with Gasteiger partial charge in [0.2, 0.25) is 0 Å². The first kappa shape index (κ1) is 46.7. The molecule has 3 rings (SSSR count). The fraction of sp³-hybridized carbons (Fsp3) is 0.629. The summed E-state index contributed by atoms with van der Waals surface area (Å²) >= 11 is 0. The Morgan fingerprint density at radius 3 is 1.33 bits per heavy atom. The molecule has 0 aliphatic carbocycles. The number of aromatic nitrogens is 5. The van der Waals surface area contributed by atoms with Crippen LogP contribution in [0.1, 0.15) is 128 Å². The van der Waals surface area contributed by atoms with Crippen molar-refractivity contribution in [3.63, 3.8) is 0 Å². The van der Waals surface area contributed by atoms with Gasteiger partial charge in [-0.15, -0.1) is 0 Å². The molecule has 0 aromatic carbocycles. The number of rotatable bonds is 0. The van der Waals surface area contributed by atoms with Gasteiger partial charge >= 0.3 is 0 Å². The molecule has 8 nitrogen and oxygen atoms in total. The van der Waals surface area contributed by atoms with E-state index in [-0.39, 0.29) is 40.3 Å². The summed E-state index contributed by atoms with van der Waals surface area (Å²) in [6.07, 6.45) is 6.60. The van der Waals surface area contributed by atoms with Gasteiger partial charge in [-0.1, -0.05) is 117 Å². The molecule has 0 spiro atoms. The molecule has 43 heavy (non-hydrogen) atoms. The lowest BCUT2D eigenvalue weighted by atomic mass is 9.88. The Hall–Kier alpha value is -3.29. The zero-order valence-corrected chi connectivity index (χ0v) is 30.0. The van der Waals surface area contributed by atoms with Crippen LogP contribution in [0, 0.1) is 0 Å². The van der Waals surface area contributed by atoms with Crippen LogP contribution in [-0.2, 0) is 37.4 Å². The van der Waals surface area contributed by atoms with E-state index in [0.29, 0.717) is 0 Å². The first-order valence-corrected chi connectivity index (χ1v) is 15.0. The van der Waals surface area contributed by atoms with Gasteiger partial charge in [-0.05, 0) is 28.4 Å². The maximum Gasteiger partial charge on any atom is 0.270 e. The molecule has 0 saturated carbocycles. The fourth-order valence-electron chi connectivity index (χ4n) is 3.26. The lowest BCUT2D eigenvalue weighted by molar-refractivity contribution is 0.559. The molecule has 3 heterocycles. The number of nitrogens with zero attached hydrogens (tertiary/aromatic N) is 5. The smallest absolute Gasteiger partial charge is 0.270 e. The van der Waals surface area contributed by atoms with Crippen molar-refractivity contribution in [1.82, 2.24) is 23.9 Å². The van der Waals surface area contributed by atoms with Crippen LogP contribution in [0.4, 0.5) is 0 Å². The van der Waals surface area contributed by atoms with E-state index in [0.717, 1.165) is 16.7 Å². The van der Waals surface area contributed by atoms with Gasteiger partial charge in [0.05, 0.1) is 6.33 Å². The lowest BCUT2D eigenvalue weighted by Crippen LogP contribution is -2.29. The largest absolute Gasteiger partial charge is 0.318 e. The molecule has 0 amide bonds. The van der Waals surface area contributed by atoms with E-state index in [9.17, 15) is 14.4 Å². The quantitative estimate of drug-likeness (QED) is 0.265. The Labute approximate surface area is 263 Å². The molecule has 0 radical (unpaired) electrons. The van der Waals surface area contributed by atoms with Crippen molar-refractivity contribution < 1.29 is 0 Å². The summed E-state index contributed by atoms with van der Waals surface area (Å²) in [5, 5.41) is 3.86.